The number of aliphatic imine (C=N–C) groups is 1. The van der Waals surface area contributed by atoms with Crippen LogP contribution in [0.4, 0.5) is 0 Å². The third-order valence-corrected chi connectivity index (χ3v) is 7.76. The van der Waals surface area contributed by atoms with Crippen LogP contribution in [0.15, 0.2) is 28.4 Å². The van der Waals surface area contributed by atoms with Gasteiger partial charge in [-0.3, -0.25) is 14.6 Å². The Morgan fingerprint density at radius 2 is 1.72 bits per heavy atom. The fourth-order valence-electron chi connectivity index (χ4n) is 5.50. The predicted octanol–water partition coefficient (Wildman–Crippen LogP) is 5.04. The summed E-state index contributed by atoms with van der Waals surface area (Å²) < 4.78 is 0. The van der Waals surface area contributed by atoms with Gasteiger partial charge in [-0.25, -0.2) is 0 Å². The number of ketones is 1. The van der Waals surface area contributed by atoms with Crippen LogP contribution in [0.1, 0.15) is 96.8 Å². The number of piperidine rings is 1. The maximum absolute atomic E-state index is 12.9. The van der Waals surface area contributed by atoms with E-state index in [-0.39, 0.29) is 17.6 Å². The molecule has 0 aromatic heterocycles. The van der Waals surface area contributed by atoms with Crippen LogP contribution in [-0.4, -0.2) is 70.9 Å². The number of carbonyl (C=O) groups excluding carboxylic acids is 2. The van der Waals surface area contributed by atoms with Crippen LogP contribution in [0.3, 0.4) is 0 Å². The number of Topliss-reactive ketones (excluding diaryl/α,β-unsaturated/α-hetero) is 1. The molecule has 2 atom stereocenters. The van der Waals surface area contributed by atoms with E-state index in [2.05, 4.69) is 16.5 Å². The molecular formula is C29H46N4O3. The molecule has 1 saturated heterocycles. The number of unbranched alkanes of at least 4 members (excludes halogenated alkanes) is 6. The number of aliphatic hydroxyl groups excluding tert-OH is 1. The molecule has 3 rings (SSSR count). The first-order valence-corrected chi connectivity index (χ1v) is 14.1. The van der Waals surface area contributed by atoms with Crippen molar-refractivity contribution in [2.24, 2.45) is 10.9 Å². The fraction of sp³-hybridized carbons (Fsp3) is 0.724. The number of nitrogens with one attached hydrogen (secondary N) is 1. The molecule has 3 aliphatic rings. The van der Waals surface area contributed by atoms with Crippen LogP contribution < -0.4 is 0 Å². The molecule has 0 aromatic rings. The number of hydrogen-bond acceptors (Lipinski definition) is 6. The highest BCUT2D eigenvalue weighted by Crippen LogP contribution is 2.34. The zero-order valence-electron chi connectivity index (χ0n) is 22.3. The highest BCUT2D eigenvalue weighted by atomic mass is 16.3. The van der Waals surface area contributed by atoms with Gasteiger partial charge in [-0.05, 0) is 50.8 Å². The minimum absolute atomic E-state index is 0.0992. The SMILES string of the molecule is C=C1C=NC2=C(C1)C(=O)N(CCCCCCCCCC(=O)CC(=N)CCN1CCCCC1)[C@H](O)C2C. The Bertz CT molecular complexity index is 857. The molecule has 0 bridgehead atoms. The molecule has 3 heterocycles. The second-order valence-electron chi connectivity index (χ2n) is 10.9. The Hall–Kier alpha value is -2.12. The molecule has 0 saturated carbocycles. The molecule has 7 nitrogen and oxygen atoms in total. The van der Waals surface area contributed by atoms with E-state index in [1.54, 1.807) is 11.1 Å². The van der Waals surface area contributed by atoms with E-state index in [1.165, 1.54) is 19.3 Å². The van der Waals surface area contributed by atoms with E-state index in [0.717, 1.165) is 76.6 Å². The lowest BCUT2D eigenvalue weighted by Gasteiger charge is -2.39. The molecule has 1 fully saturated rings. The number of amides is 1. The molecule has 200 valence electrons. The van der Waals surface area contributed by atoms with Crippen LogP contribution in [0.2, 0.25) is 0 Å². The summed E-state index contributed by atoms with van der Waals surface area (Å²) in [7, 11) is 0. The Labute approximate surface area is 217 Å². The first kappa shape index (κ1) is 28.5. The van der Waals surface area contributed by atoms with Crippen molar-refractivity contribution in [1.29, 1.82) is 5.41 Å². The minimum atomic E-state index is -0.816. The molecule has 0 aliphatic carbocycles. The van der Waals surface area contributed by atoms with Crippen LogP contribution in [0, 0.1) is 11.3 Å². The monoisotopic (exact) mass is 498 g/mol. The van der Waals surface area contributed by atoms with Crippen molar-refractivity contribution in [2.45, 2.75) is 103 Å². The summed E-state index contributed by atoms with van der Waals surface area (Å²) in [5.74, 6) is -0.0656. The average molecular weight is 499 g/mol. The summed E-state index contributed by atoms with van der Waals surface area (Å²) in [6.45, 7) is 9.63. The maximum atomic E-state index is 12.9. The summed E-state index contributed by atoms with van der Waals surface area (Å²) in [4.78, 5) is 33.5. The molecule has 3 aliphatic heterocycles. The van der Waals surface area contributed by atoms with Gasteiger partial charge in [-0.15, -0.1) is 0 Å². The van der Waals surface area contributed by atoms with Gasteiger partial charge in [0.2, 0.25) is 0 Å². The Morgan fingerprint density at radius 3 is 2.44 bits per heavy atom. The van der Waals surface area contributed by atoms with E-state index < -0.39 is 6.23 Å². The van der Waals surface area contributed by atoms with E-state index >= 15 is 0 Å². The van der Waals surface area contributed by atoms with Crippen molar-refractivity contribution in [3.8, 4) is 0 Å². The van der Waals surface area contributed by atoms with Crippen molar-refractivity contribution >= 4 is 23.6 Å². The Kier molecular flexibility index (Phi) is 11.5. The molecule has 0 spiro atoms. The van der Waals surface area contributed by atoms with Gasteiger partial charge in [0.1, 0.15) is 12.0 Å². The second kappa shape index (κ2) is 14.6. The van der Waals surface area contributed by atoms with Crippen LogP contribution in [0.25, 0.3) is 0 Å². The van der Waals surface area contributed by atoms with Gasteiger partial charge in [0.25, 0.3) is 5.91 Å². The molecule has 0 radical (unpaired) electrons. The Morgan fingerprint density at radius 1 is 1.06 bits per heavy atom. The quantitative estimate of drug-likeness (QED) is 0.244. The number of likely N-dealkylation sites (tertiary alicyclic amines) is 1. The molecule has 2 N–H and O–H groups in total. The second-order valence-corrected chi connectivity index (χ2v) is 10.9. The van der Waals surface area contributed by atoms with Crippen LogP contribution in [-0.2, 0) is 9.59 Å². The van der Waals surface area contributed by atoms with Crippen molar-refractivity contribution in [3.63, 3.8) is 0 Å². The molecule has 0 aromatic carbocycles. The third kappa shape index (κ3) is 8.48. The van der Waals surface area contributed by atoms with E-state index in [9.17, 15) is 14.7 Å². The first-order valence-electron chi connectivity index (χ1n) is 14.1. The molecule has 36 heavy (non-hydrogen) atoms. The standard InChI is InChI=1S/C29H46N4O3/c1-22-19-26-27(31-21-22)23(2)28(35)33(29(26)36)17-12-7-5-3-4-6-9-13-25(34)20-24(30)14-18-32-15-10-8-11-16-32/h21,23,28,30,35H,1,3-20H2,2H3/t23?,28-/m1/s1. The van der Waals surface area contributed by atoms with Crippen LogP contribution >= 0.6 is 0 Å². The molecule has 1 unspecified atom stereocenters. The van der Waals surface area contributed by atoms with Gasteiger partial charge in [0.05, 0.1) is 5.70 Å². The number of rotatable bonds is 15. The number of carbonyl (C=O) groups is 2. The van der Waals surface area contributed by atoms with Crippen molar-refractivity contribution < 1.29 is 14.7 Å². The van der Waals surface area contributed by atoms with E-state index in [1.807, 2.05) is 6.92 Å². The normalized spacial score (nSPS) is 22.8. The number of aliphatic hydroxyl groups is 1. The zero-order chi connectivity index (χ0) is 25.9. The lowest BCUT2D eigenvalue weighted by Crippen LogP contribution is -2.49. The molecule has 1 amide bonds. The number of nitrogens with zero attached hydrogens (tertiary/aromatic N) is 3. The molecule has 7 heteroatoms. The number of hydrogen-bond donors (Lipinski definition) is 2. The van der Waals surface area contributed by atoms with Gasteiger partial charge < -0.3 is 20.3 Å². The van der Waals surface area contributed by atoms with Gasteiger partial charge in [0, 0.05) is 55.8 Å². The highest BCUT2D eigenvalue weighted by molar-refractivity contribution is 6.00. The van der Waals surface area contributed by atoms with Gasteiger partial charge >= 0.3 is 0 Å². The largest absolute Gasteiger partial charge is 0.373 e. The summed E-state index contributed by atoms with van der Waals surface area (Å²) in [5.41, 5.74) is 2.82. The lowest BCUT2D eigenvalue weighted by atomic mass is 9.89. The van der Waals surface area contributed by atoms with Crippen molar-refractivity contribution in [2.75, 3.05) is 26.2 Å². The fourth-order valence-corrected chi connectivity index (χ4v) is 5.50. The van der Waals surface area contributed by atoms with Crippen molar-refractivity contribution in [3.05, 3.63) is 23.4 Å². The summed E-state index contributed by atoms with van der Waals surface area (Å²) >= 11 is 0. The maximum Gasteiger partial charge on any atom is 0.254 e. The van der Waals surface area contributed by atoms with Crippen molar-refractivity contribution in [1.82, 2.24) is 9.80 Å². The van der Waals surface area contributed by atoms with Gasteiger partial charge in [-0.2, -0.15) is 0 Å². The first-order chi connectivity index (χ1) is 17.4. The smallest absolute Gasteiger partial charge is 0.254 e. The average Bonchev–Trinajstić information content (AvgIpc) is 2.87. The highest BCUT2D eigenvalue weighted by Gasteiger charge is 2.38. The minimum Gasteiger partial charge on any atom is -0.373 e. The lowest BCUT2D eigenvalue weighted by molar-refractivity contribution is -0.142. The number of allylic oxidation sites excluding steroid dienone is 1. The topological polar surface area (TPSA) is 97.1 Å². The summed E-state index contributed by atoms with van der Waals surface area (Å²) in [6, 6.07) is 0. The van der Waals surface area contributed by atoms with E-state index in [4.69, 9.17) is 5.41 Å². The van der Waals surface area contributed by atoms with Crippen LogP contribution in [0.5, 0.6) is 0 Å². The van der Waals surface area contributed by atoms with Gasteiger partial charge in [-0.1, -0.05) is 52.0 Å². The summed E-state index contributed by atoms with van der Waals surface area (Å²) in [6.07, 6.45) is 14.1. The molecular weight excluding hydrogens is 452 g/mol. The van der Waals surface area contributed by atoms with Gasteiger partial charge in [0.15, 0.2) is 0 Å². The van der Waals surface area contributed by atoms with E-state index in [0.29, 0.717) is 42.8 Å². The zero-order valence-corrected chi connectivity index (χ0v) is 22.3. The summed E-state index contributed by atoms with van der Waals surface area (Å²) in [5, 5.41) is 18.7. The third-order valence-electron chi connectivity index (χ3n) is 7.76. The predicted molar refractivity (Wildman–Crippen MR) is 145 cm³/mol. The Balaban J connectivity index is 1.20.